The highest BCUT2D eigenvalue weighted by atomic mass is 16.5. The fourth-order valence-electron chi connectivity index (χ4n) is 3.29. The Kier molecular flexibility index (Phi) is 9.48. The summed E-state index contributed by atoms with van der Waals surface area (Å²) in [5, 5.41) is 19.5. The van der Waals surface area contributed by atoms with Crippen LogP contribution in [0.3, 0.4) is 0 Å². The Labute approximate surface area is 220 Å². The highest BCUT2D eigenvalue weighted by molar-refractivity contribution is 6.10. The van der Waals surface area contributed by atoms with E-state index < -0.39 is 5.97 Å². The van der Waals surface area contributed by atoms with Crippen molar-refractivity contribution in [2.24, 2.45) is 0 Å². The topological polar surface area (TPSA) is 128 Å². The minimum absolute atomic E-state index is 0.0862. The number of ketones is 1. The molecule has 0 unspecified atom stereocenters. The highest BCUT2D eigenvalue weighted by Crippen LogP contribution is 2.33. The number of para-hydroxylation sites is 1. The Morgan fingerprint density at radius 3 is 2.03 bits per heavy atom. The van der Waals surface area contributed by atoms with Gasteiger partial charge in [0.1, 0.15) is 39.9 Å². The average molecular weight is 514 g/mol. The molecule has 0 saturated heterocycles. The van der Waals surface area contributed by atoms with E-state index in [0.717, 1.165) is 5.56 Å². The van der Waals surface area contributed by atoms with E-state index in [1.54, 1.807) is 36.4 Å². The number of phenolic OH excluding ortho intramolecular Hbond substituents is 2. The fraction of sp³-hybridized carbons (Fsp3) is 0.0667. The summed E-state index contributed by atoms with van der Waals surface area (Å²) in [6, 6.07) is 25.3. The number of nitrogen functional groups attached to an aromatic ring is 1. The number of nitrogens with two attached hydrogens (primary N) is 1. The number of ether oxygens (including phenoxy) is 3. The number of carbonyl (C=O) groups excluding carboxylic acids is 2. The van der Waals surface area contributed by atoms with E-state index in [-0.39, 0.29) is 34.2 Å². The van der Waals surface area contributed by atoms with Crippen molar-refractivity contribution in [1.29, 1.82) is 0 Å². The summed E-state index contributed by atoms with van der Waals surface area (Å²) in [7, 11) is 2.91. The third-order valence-corrected chi connectivity index (χ3v) is 5.18. The third kappa shape index (κ3) is 7.38. The van der Waals surface area contributed by atoms with Crippen LogP contribution in [-0.4, -0.2) is 36.2 Å². The van der Waals surface area contributed by atoms with Gasteiger partial charge in [-0.15, -0.1) is 0 Å². The molecule has 0 fully saturated rings. The van der Waals surface area contributed by atoms with Crippen molar-refractivity contribution in [3.8, 4) is 28.7 Å². The molecular formula is C30H27NO7. The van der Waals surface area contributed by atoms with Crippen LogP contribution in [-0.2, 0) is 0 Å². The predicted octanol–water partition coefficient (Wildman–Crippen LogP) is 5.50. The third-order valence-electron chi connectivity index (χ3n) is 5.18. The second-order valence-corrected chi connectivity index (χ2v) is 7.81. The molecule has 0 saturated carbocycles. The fourth-order valence-corrected chi connectivity index (χ4v) is 3.29. The van der Waals surface area contributed by atoms with Crippen LogP contribution in [0, 0.1) is 0 Å². The van der Waals surface area contributed by atoms with E-state index >= 15 is 0 Å². The van der Waals surface area contributed by atoms with Crippen molar-refractivity contribution in [2.75, 3.05) is 20.0 Å². The molecule has 0 aliphatic rings. The molecule has 0 atom stereocenters. The Morgan fingerprint density at radius 1 is 0.763 bits per heavy atom. The van der Waals surface area contributed by atoms with Gasteiger partial charge in [0.05, 0.1) is 14.2 Å². The molecule has 0 amide bonds. The Hall–Kier alpha value is -5.24. The molecule has 0 aliphatic heterocycles. The molecule has 4 aromatic rings. The van der Waals surface area contributed by atoms with E-state index in [9.17, 15) is 19.8 Å². The Balaban J connectivity index is 0.000000215. The van der Waals surface area contributed by atoms with Crippen LogP contribution in [0.2, 0.25) is 0 Å². The summed E-state index contributed by atoms with van der Waals surface area (Å²) in [5.74, 6) is -0.194. The number of esters is 1. The summed E-state index contributed by atoms with van der Waals surface area (Å²) in [6.07, 6.45) is 3.09. The van der Waals surface area contributed by atoms with Gasteiger partial charge in [-0.25, -0.2) is 4.79 Å². The van der Waals surface area contributed by atoms with Crippen LogP contribution in [0.5, 0.6) is 28.7 Å². The Bertz CT molecular complexity index is 1420. The first kappa shape index (κ1) is 27.3. The molecule has 0 radical (unpaired) electrons. The van der Waals surface area contributed by atoms with Gasteiger partial charge in [0.15, 0.2) is 5.78 Å². The number of phenols is 2. The largest absolute Gasteiger partial charge is 0.507 e. The number of hydrogen-bond donors (Lipinski definition) is 3. The van der Waals surface area contributed by atoms with Gasteiger partial charge in [-0.1, -0.05) is 54.6 Å². The van der Waals surface area contributed by atoms with Crippen LogP contribution >= 0.6 is 0 Å². The van der Waals surface area contributed by atoms with E-state index in [2.05, 4.69) is 0 Å². The van der Waals surface area contributed by atoms with Crippen LogP contribution in [0.1, 0.15) is 26.3 Å². The normalized spacial score (nSPS) is 10.3. The van der Waals surface area contributed by atoms with E-state index in [4.69, 9.17) is 19.9 Å². The predicted molar refractivity (Wildman–Crippen MR) is 145 cm³/mol. The molecule has 4 rings (SSSR count). The molecule has 8 nitrogen and oxygen atoms in total. The Morgan fingerprint density at radius 2 is 1.42 bits per heavy atom. The maximum Gasteiger partial charge on any atom is 0.347 e. The second kappa shape index (κ2) is 13.2. The molecule has 0 bridgehead atoms. The van der Waals surface area contributed by atoms with E-state index in [0.29, 0.717) is 17.2 Å². The zero-order valence-electron chi connectivity index (χ0n) is 20.8. The lowest BCUT2D eigenvalue weighted by molar-refractivity contribution is 0.0731. The van der Waals surface area contributed by atoms with Crippen LogP contribution in [0.25, 0.3) is 6.08 Å². The van der Waals surface area contributed by atoms with Crippen molar-refractivity contribution in [2.45, 2.75) is 0 Å². The van der Waals surface area contributed by atoms with Gasteiger partial charge in [0.25, 0.3) is 0 Å². The standard InChI is InChI=1S/C17H16O4.C13H11NO3/c1-20-13-10-15(19)17(16(11-13)21-2)14(18)9-8-12-6-4-3-5-7-12;14-9-6-7-11(12(15)8-9)13(16)17-10-4-2-1-3-5-10/h3-11,19H,1-2H3;1-8,15H,14H2. The molecule has 38 heavy (non-hydrogen) atoms. The minimum Gasteiger partial charge on any atom is -0.507 e. The zero-order chi connectivity index (χ0) is 27.5. The number of aromatic hydroxyl groups is 2. The number of rotatable bonds is 7. The molecule has 0 aromatic heterocycles. The summed E-state index contributed by atoms with van der Waals surface area (Å²) in [4.78, 5) is 24.0. The van der Waals surface area contributed by atoms with Gasteiger partial charge < -0.3 is 30.2 Å². The number of hydrogen-bond acceptors (Lipinski definition) is 8. The maximum absolute atomic E-state index is 12.3. The zero-order valence-corrected chi connectivity index (χ0v) is 20.8. The number of allylic oxidation sites excluding steroid dienone is 1. The lowest BCUT2D eigenvalue weighted by Crippen LogP contribution is -2.08. The SMILES string of the molecule is COc1cc(O)c(C(=O)C=Cc2ccccc2)c(OC)c1.Nc1ccc(C(=O)Oc2ccccc2)c(O)c1. The van der Waals surface area contributed by atoms with Gasteiger partial charge in [-0.05, 0) is 35.9 Å². The molecule has 4 aromatic carbocycles. The van der Waals surface area contributed by atoms with E-state index in [1.165, 1.54) is 44.6 Å². The molecule has 0 aliphatic carbocycles. The second-order valence-electron chi connectivity index (χ2n) is 7.81. The lowest BCUT2D eigenvalue weighted by Gasteiger charge is -2.10. The van der Waals surface area contributed by atoms with Gasteiger partial charge in [-0.2, -0.15) is 0 Å². The average Bonchev–Trinajstić information content (AvgIpc) is 2.92. The first-order valence-electron chi connectivity index (χ1n) is 11.4. The van der Waals surface area contributed by atoms with Gasteiger partial charge in [0.2, 0.25) is 0 Å². The number of anilines is 1. The number of carbonyl (C=O) groups is 2. The van der Waals surface area contributed by atoms with Gasteiger partial charge >= 0.3 is 5.97 Å². The molecule has 4 N–H and O–H groups in total. The molecule has 8 heteroatoms. The van der Waals surface area contributed by atoms with Crippen LogP contribution in [0.4, 0.5) is 5.69 Å². The first-order valence-corrected chi connectivity index (χ1v) is 11.4. The summed E-state index contributed by atoms with van der Waals surface area (Å²) in [6.45, 7) is 0. The summed E-state index contributed by atoms with van der Waals surface area (Å²) in [5.41, 5.74) is 6.96. The van der Waals surface area contributed by atoms with Crippen molar-refractivity contribution >= 4 is 23.5 Å². The number of methoxy groups -OCH3 is 2. The van der Waals surface area contributed by atoms with Crippen molar-refractivity contribution in [3.63, 3.8) is 0 Å². The van der Waals surface area contributed by atoms with Crippen LogP contribution in [0.15, 0.2) is 97.1 Å². The van der Waals surface area contributed by atoms with Crippen molar-refractivity contribution < 1.29 is 34.0 Å². The number of benzene rings is 4. The van der Waals surface area contributed by atoms with Gasteiger partial charge in [0, 0.05) is 23.9 Å². The first-order chi connectivity index (χ1) is 18.3. The quantitative estimate of drug-likeness (QED) is 0.0972. The highest BCUT2D eigenvalue weighted by Gasteiger charge is 2.17. The summed E-state index contributed by atoms with van der Waals surface area (Å²) >= 11 is 0. The molecule has 194 valence electrons. The van der Waals surface area contributed by atoms with E-state index in [1.807, 2.05) is 36.4 Å². The molecular weight excluding hydrogens is 486 g/mol. The van der Waals surface area contributed by atoms with Crippen molar-refractivity contribution in [1.82, 2.24) is 0 Å². The monoisotopic (exact) mass is 513 g/mol. The smallest absolute Gasteiger partial charge is 0.347 e. The molecule has 0 heterocycles. The lowest BCUT2D eigenvalue weighted by atomic mass is 10.1. The maximum atomic E-state index is 12.3. The van der Waals surface area contributed by atoms with Crippen LogP contribution < -0.4 is 19.9 Å². The summed E-state index contributed by atoms with van der Waals surface area (Å²) < 4.78 is 15.3. The van der Waals surface area contributed by atoms with Crippen molar-refractivity contribution in [3.05, 3.63) is 114 Å². The minimum atomic E-state index is -0.617. The molecule has 0 spiro atoms. The van der Waals surface area contributed by atoms with Gasteiger partial charge in [-0.3, -0.25) is 4.79 Å².